The molecule has 1 aliphatic heterocycles. The molecule has 0 atom stereocenters. The molecule has 0 unspecified atom stereocenters. The van der Waals surface area contributed by atoms with Gasteiger partial charge in [0.2, 0.25) is 0 Å². The molecule has 1 aromatic carbocycles. The first-order valence-corrected chi connectivity index (χ1v) is 9.74. The van der Waals surface area contributed by atoms with Crippen molar-refractivity contribution >= 4 is 0 Å². The van der Waals surface area contributed by atoms with E-state index in [1.165, 1.54) is 75.6 Å². The Morgan fingerprint density at radius 2 is 1.75 bits per heavy atom. The molecule has 3 rings (SSSR count). The highest BCUT2D eigenvalue weighted by molar-refractivity contribution is 5.42. The van der Waals surface area contributed by atoms with Gasteiger partial charge in [0.05, 0.1) is 0 Å². The molecule has 1 heterocycles. The van der Waals surface area contributed by atoms with Crippen molar-refractivity contribution in [1.82, 2.24) is 4.90 Å². The van der Waals surface area contributed by atoms with E-state index in [1.807, 2.05) is 0 Å². The molecule has 1 heteroatoms. The maximum atomic E-state index is 2.62. The Kier molecular flexibility index (Phi) is 6.92. The molecule has 1 aliphatic carbocycles. The Morgan fingerprint density at radius 1 is 0.875 bits per heavy atom. The van der Waals surface area contributed by atoms with Gasteiger partial charge in [-0.2, -0.15) is 0 Å². The minimum absolute atomic E-state index is 1.14. The van der Waals surface area contributed by atoms with E-state index >= 15 is 0 Å². The van der Waals surface area contributed by atoms with E-state index in [0.29, 0.717) is 0 Å². The second-order valence-electron chi connectivity index (χ2n) is 7.07. The lowest BCUT2D eigenvalue weighted by molar-refractivity contribution is 0.287. The zero-order valence-corrected chi connectivity index (χ0v) is 14.9. The summed E-state index contributed by atoms with van der Waals surface area (Å²) in [6.07, 6.45) is 19.8. The summed E-state index contributed by atoms with van der Waals surface area (Å²) in [5, 5.41) is 0. The van der Waals surface area contributed by atoms with Crippen molar-refractivity contribution in [2.45, 2.75) is 51.4 Å². The molecule has 1 aromatic rings. The molecule has 0 N–H and O–H groups in total. The van der Waals surface area contributed by atoms with E-state index < -0.39 is 0 Å². The average molecular weight is 322 g/mol. The molecule has 1 nitrogen and oxygen atoms in total. The monoisotopic (exact) mass is 321 g/mol. The topological polar surface area (TPSA) is 3.24 Å². The summed E-state index contributed by atoms with van der Waals surface area (Å²) >= 11 is 0. The SMILES string of the molecule is C1=CC(C2=CCN(CCCCCCc3ccccc3)CC2)=CCC1. The Morgan fingerprint density at radius 3 is 2.50 bits per heavy atom. The van der Waals surface area contributed by atoms with Crippen molar-refractivity contribution in [1.29, 1.82) is 0 Å². The first-order chi connectivity index (χ1) is 11.9. The molecule has 24 heavy (non-hydrogen) atoms. The predicted molar refractivity (Wildman–Crippen MR) is 104 cm³/mol. The maximum Gasteiger partial charge on any atom is 0.0169 e. The van der Waals surface area contributed by atoms with Crippen molar-refractivity contribution < 1.29 is 0 Å². The zero-order chi connectivity index (χ0) is 16.5. The second kappa shape index (κ2) is 9.64. The van der Waals surface area contributed by atoms with Crippen LogP contribution in [0.5, 0.6) is 0 Å². The lowest BCUT2D eigenvalue weighted by Crippen LogP contribution is -2.30. The van der Waals surface area contributed by atoms with Crippen LogP contribution >= 0.6 is 0 Å². The van der Waals surface area contributed by atoms with Crippen LogP contribution in [0.25, 0.3) is 0 Å². The van der Waals surface area contributed by atoms with Gasteiger partial charge < -0.3 is 0 Å². The molecule has 0 aromatic heterocycles. The third-order valence-electron chi connectivity index (χ3n) is 5.19. The molecule has 0 saturated carbocycles. The van der Waals surface area contributed by atoms with Crippen molar-refractivity contribution in [3.63, 3.8) is 0 Å². The van der Waals surface area contributed by atoms with E-state index in [1.54, 1.807) is 5.57 Å². The van der Waals surface area contributed by atoms with E-state index in [2.05, 4.69) is 59.5 Å². The molecule has 0 saturated heterocycles. The molecule has 0 amide bonds. The van der Waals surface area contributed by atoms with Crippen LogP contribution in [0.4, 0.5) is 0 Å². The summed E-state index contributed by atoms with van der Waals surface area (Å²) in [6.45, 7) is 3.65. The summed E-state index contributed by atoms with van der Waals surface area (Å²) < 4.78 is 0. The van der Waals surface area contributed by atoms with Gasteiger partial charge in [-0.25, -0.2) is 0 Å². The number of hydrogen-bond acceptors (Lipinski definition) is 1. The third kappa shape index (κ3) is 5.49. The van der Waals surface area contributed by atoms with Gasteiger partial charge in [-0.15, -0.1) is 0 Å². The highest BCUT2D eigenvalue weighted by Gasteiger charge is 2.13. The first-order valence-electron chi connectivity index (χ1n) is 9.74. The Labute approximate surface area is 147 Å². The lowest BCUT2D eigenvalue weighted by atomic mass is 9.95. The Balaban J connectivity index is 1.28. The summed E-state index contributed by atoms with van der Waals surface area (Å²) in [5.41, 5.74) is 4.55. The van der Waals surface area contributed by atoms with Gasteiger partial charge in [-0.3, -0.25) is 4.90 Å². The fourth-order valence-corrected chi connectivity index (χ4v) is 3.69. The first kappa shape index (κ1) is 17.2. The number of hydrogen-bond donors (Lipinski definition) is 0. The smallest absolute Gasteiger partial charge is 0.0169 e. The van der Waals surface area contributed by atoms with E-state index in [9.17, 15) is 0 Å². The third-order valence-corrected chi connectivity index (χ3v) is 5.19. The van der Waals surface area contributed by atoms with Crippen molar-refractivity contribution in [2.24, 2.45) is 0 Å². The number of benzene rings is 1. The molecule has 128 valence electrons. The standard InChI is InChI=1S/C23H31N/c1(5-11-21-12-6-3-7-13-21)2-10-18-24-19-16-23(17-20-24)22-14-8-4-9-15-22/h3,6-8,12-16H,1-2,4-5,9-11,17-20H2. The number of nitrogens with zero attached hydrogens (tertiary/aromatic N) is 1. The average Bonchev–Trinajstić information content (AvgIpc) is 2.67. The quantitative estimate of drug-likeness (QED) is 0.555. The van der Waals surface area contributed by atoms with Crippen molar-refractivity contribution in [3.8, 4) is 0 Å². The maximum absolute atomic E-state index is 2.62. The summed E-state index contributed by atoms with van der Waals surface area (Å²) in [6, 6.07) is 10.9. The Bertz CT molecular complexity index is 579. The molecule has 2 aliphatic rings. The van der Waals surface area contributed by atoms with Crippen LogP contribution < -0.4 is 0 Å². The molecule has 0 fully saturated rings. The van der Waals surface area contributed by atoms with Gasteiger partial charge >= 0.3 is 0 Å². The fraction of sp³-hybridized carbons (Fsp3) is 0.478. The van der Waals surface area contributed by atoms with Crippen LogP contribution in [0.1, 0.15) is 50.5 Å². The van der Waals surface area contributed by atoms with E-state index in [-0.39, 0.29) is 0 Å². The highest BCUT2D eigenvalue weighted by atomic mass is 15.1. The summed E-state index contributed by atoms with van der Waals surface area (Å²) in [7, 11) is 0. The zero-order valence-electron chi connectivity index (χ0n) is 14.9. The predicted octanol–water partition coefficient (Wildman–Crippen LogP) is 5.70. The molecular weight excluding hydrogens is 290 g/mol. The number of allylic oxidation sites excluding steroid dienone is 4. The second-order valence-corrected chi connectivity index (χ2v) is 7.07. The van der Waals surface area contributed by atoms with Crippen molar-refractivity contribution in [2.75, 3.05) is 19.6 Å². The van der Waals surface area contributed by atoms with Crippen molar-refractivity contribution in [3.05, 3.63) is 71.3 Å². The van der Waals surface area contributed by atoms with Gasteiger partial charge in [-0.05, 0) is 61.8 Å². The van der Waals surface area contributed by atoms with Gasteiger partial charge in [0.25, 0.3) is 0 Å². The van der Waals surface area contributed by atoms with Gasteiger partial charge in [0.1, 0.15) is 0 Å². The van der Waals surface area contributed by atoms with Crippen LogP contribution in [-0.2, 0) is 6.42 Å². The lowest BCUT2D eigenvalue weighted by Gasteiger charge is -2.27. The number of aryl methyl sites for hydroxylation is 1. The molecule has 0 radical (unpaired) electrons. The number of rotatable bonds is 8. The minimum atomic E-state index is 1.14. The largest absolute Gasteiger partial charge is 0.299 e. The van der Waals surface area contributed by atoms with Crippen LogP contribution in [0.3, 0.4) is 0 Å². The van der Waals surface area contributed by atoms with Crippen LogP contribution in [0, 0.1) is 0 Å². The van der Waals surface area contributed by atoms with Crippen LogP contribution in [-0.4, -0.2) is 24.5 Å². The summed E-state index contributed by atoms with van der Waals surface area (Å²) in [4.78, 5) is 2.62. The van der Waals surface area contributed by atoms with Crippen LogP contribution in [0.2, 0.25) is 0 Å². The van der Waals surface area contributed by atoms with Gasteiger partial charge in [-0.1, -0.05) is 67.5 Å². The van der Waals surface area contributed by atoms with Gasteiger partial charge in [0, 0.05) is 13.1 Å². The summed E-state index contributed by atoms with van der Waals surface area (Å²) in [5.74, 6) is 0. The van der Waals surface area contributed by atoms with Crippen LogP contribution in [0.15, 0.2) is 65.8 Å². The molecular formula is C23H31N. The minimum Gasteiger partial charge on any atom is -0.299 e. The fourth-order valence-electron chi connectivity index (χ4n) is 3.69. The highest BCUT2D eigenvalue weighted by Crippen LogP contribution is 2.23. The normalized spacial score (nSPS) is 18.3. The number of unbranched alkanes of at least 4 members (excludes halogenated alkanes) is 3. The van der Waals surface area contributed by atoms with E-state index in [0.717, 1.165) is 6.54 Å². The van der Waals surface area contributed by atoms with E-state index in [4.69, 9.17) is 0 Å². The Hall–Kier alpha value is -1.60. The molecule has 0 bridgehead atoms. The van der Waals surface area contributed by atoms with Gasteiger partial charge in [0.15, 0.2) is 0 Å². The molecule has 0 spiro atoms.